The highest BCUT2D eigenvalue weighted by molar-refractivity contribution is 5.67. The van der Waals surface area contributed by atoms with E-state index in [1.807, 2.05) is 24.3 Å². The second-order valence-corrected chi connectivity index (χ2v) is 7.28. The molecular weight excluding hydrogens is 380 g/mol. The molecule has 3 heterocycles. The van der Waals surface area contributed by atoms with Crippen molar-refractivity contribution >= 4 is 11.9 Å². The molecule has 0 amide bonds. The molecule has 0 saturated carbocycles. The Bertz CT molecular complexity index is 808. The zero-order valence-corrected chi connectivity index (χ0v) is 16.4. The fraction of sp³-hybridized carbons (Fsp3) is 0.524. The van der Waals surface area contributed by atoms with Crippen molar-refractivity contribution in [3.05, 3.63) is 48.0 Å². The SMILES string of the molecule is C=CC[C@H]1O[C@@H]2CO[C@]3(OCc4ccccc43)O[C@H]2[C@H](OC(C)=O)[C@H]1OC(C)=O. The highest BCUT2D eigenvalue weighted by Crippen LogP contribution is 2.45. The molecule has 4 rings (SSSR count). The summed E-state index contributed by atoms with van der Waals surface area (Å²) in [7, 11) is 0. The van der Waals surface area contributed by atoms with E-state index in [9.17, 15) is 9.59 Å². The van der Waals surface area contributed by atoms with Gasteiger partial charge in [0, 0.05) is 19.4 Å². The minimum Gasteiger partial charge on any atom is -0.456 e. The molecule has 0 bridgehead atoms. The van der Waals surface area contributed by atoms with Crippen LogP contribution in [0, 0.1) is 0 Å². The van der Waals surface area contributed by atoms with Crippen molar-refractivity contribution in [2.45, 2.75) is 63.4 Å². The Balaban J connectivity index is 1.67. The minimum atomic E-state index is -1.41. The molecule has 3 aliphatic heterocycles. The predicted molar refractivity (Wildman–Crippen MR) is 98.3 cm³/mol. The molecule has 29 heavy (non-hydrogen) atoms. The minimum absolute atomic E-state index is 0.164. The number of ether oxygens (including phenoxy) is 6. The van der Waals surface area contributed by atoms with Gasteiger partial charge in [0.25, 0.3) is 0 Å². The van der Waals surface area contributed by atoms with Crippen LogP contribution in [0.25, 0.3) is 0 Å². The molecule has 1 spiro atoms. The first kappa shape index (κ1) is 20.0. The van der Waals surface area contributed by atoms with Gasteiger partial charge in [-0.3, -0.25) is 9.59 Å². The van der Waals surface area contributed by atoms with Crippen molar-refractivity contribution in [1.29, 1.82) is 0 Å². The molecule has 2 saturated heterocycles. The average molecular weight is 404 g/mol. The molecule has 156 valence electrons. The summed E-state index contributed by atoms with van der Waals surface area (Å²) in [6.45, 7) is 6.82. The summed E-state index contributed by atoms with van der Waals surface area (Å²) in [6, 6.07) is 7.59. The van der Waals surface area contributed by atoms with Crippen LogP contribution in [0.2, 0.25) is 0 Å². The van der Waals surface area contributed by atoms with Crippen LogP contribution in [-0.4, -0.2) is 49.1 Å². The number of rotatable bonds is 4. The summed E-state index contributed by atoms with van der Waals surface area (Å²) >= 11 is 0. The fourth-order valence-corrected chi connectivity index (χ4v) is 4.10. The summed E-state index contributed by atoms with van der Waals surface area (Å²) in [6.07, 6.45) is -1.47. The van der Waals surface area contributed by atoms with E-state index in [1.165, 1.54) is 13.8 Å². The van der Waals surface area contributed by atoms with E-state index < -0.39 is 48.4 Å². The second kappa shape index (κ2) is 7.87. The number of esters is 2. The Morgan fingerprint density at radius 1 is 1.17 bits per heavy atom. The molecule has 0 unspecified atom stereocenters. The van der Waals surface area contributed by atoms with Crippen LogP contribution in [0.3, 0.4) is 0 Å². The second-order valence-electron chi connectivity index (χ2n) is 7.28. The van der Waals surface area contributed by atoms with Gasteiger partial charge in [-0.05, 0) is 12.0 Å². The van der Waals surface area contributed by atoms with Gasteiger partial charge in [-0.15, -0.1) is 6.58 Å². The lowest BCUT2D eigenvalue weighted by Gasteiger charge is -2.50. The number of fused-ring (bicyclic) bond motifs is 3. The molecular formula is C21H24O8. The van der Waals surface area contributed by atoms with Gasteiger partial charge in [-0.25, -0.2) is 0 Å². The van der Waals surface area contributed by atoms with Gasteiger partial charge in [-0.1, -0.05) is 30.3 Å². The van der Waals surface area contributed by atoms with Crippen LogP contribution < -0.4 is 0 Å². The molecule has 0 aliphatic carbocycles. The summed E-state index contributed by atoms with van der Waals surface area (Å²) in [5, 5.41) is 0. The molecule has 1 aromatic rings. The molecule has 3 aliphatic rings. The molecule has 2 fully saturated rings. The van der Waals surface area contributed by atoms with E-state index in [4.69, 9.17) is 28.4 Å². The third-order valence-corrected chi connectivity index (χ3v) is 5.23. The zero-order chi connectivity index (χ0) is 20.6. The van der Waals surface area contributed by atoms with Crippen LogP contribution in [0.1, 0.15) is 31.4 Å². The molecule has 6 atom stereocenters. The van der Waals surface area contributed by atoms with Crippen molar-refractivity contribution in [3.63, 3.8) is 0 Å². The maximum absolute atomic E-state index is 11.9. The first-order valence-corrected chi connectivity index (χ1v) is 9.58. The van der Waals surface area contributed by atoms with E-state index in [0.717, 1.165) is 11.1 Å². The van der Waals surface area contributed by atoms with Crippen LogP contribution in [0.4, 0.5) is 0 Å². The Labute approximate surface area is 168 Å². The molecule has 8 nitrogen and oxygen atoms in total. The monoisotopic (exact) mass is 404 g/mol. The molecule has 0 N–H and O–H groups in total. The summed E-state index contributed by atoms with van der Waals surface area (Å²) in [5.41, 5.74) is 1.71. The Morgan fingerprint density at radius 3 is 2.62 bits per heavy atom. The van der Waals surface area contributed by atoms with Crippen molar-refractivity contribution < 1.29 is 38.0 Å². The fourth-order valence-electron chi connectivity index (χ4n) is 4.10. The summed E-state index contributed by atoms with van der Waals surface area (Å²) < 4.78 is 35.3. The third-order valence-electron chi connectivity index (χ3n) is 5.23. The normalized spacial score (nSPS) is 35.4. The van der Waals surface area contributed by atoms with Crippen LogP contribution in [0.5, 0.6) is 0 Å². The number of hydrogen-bond donors (Lipinski definition) is 0. The maximum atomic E-state index is 11.9. The van der Waals surface area contributed by atoms with E-state index in [2.05, 4.69) is 6.58 Å². The standard InChI is InChI=1S/C21H24O8/c1-4-7-16-18(26-12(2)22)20(27-13(3)23)19-17(28-16)11-25-21(29-19)15-9-6-5-8-14(15)10-24-21/h4-6,8-9,16-20H,1,7,10-11H2,2-3H3/t16-,17-,18+,19-,20-,21+/m1/s1. The van der Waals surface area contributed by atoms with E-state index in [0.29, 0.717) is 13.0 Å². The lowest BCUT2D eigenvalue weighted by Crippen LogP contribution is -2.66. The highest BCUT2D eigenvalue weighted by Gasteiger charge is 2.58. The summed E-state index contributed by atoms with van der Waals surface area (Å²) in [5.74, 6) is -2.43. The van der Waals surface area contributed by atoms with Gasteiger partial charge < -0.3 is 28.4 Å². The lowest BCUT2D eigenvalue weighted by atomic mass is 9.91. The number of carbonyl (C=O) groups excluding carboxylic acids is 2. The van der Waals surface area contributed by atoms with Gasteiger partial charge in [0.1, 0.15) is 18.3 Å². The van der Waals surface area contributed by atoms with E-state index in [-0.39, 0.29) is 6.61 Å². The Kier molecular flexibility index (Phi) is 5.44. The lowest BCUT2D eigenvalue weighted by molar-refractivity contribution is -0.457. The largest absolute Gasteiger partial charge is 0.456 e. The van der Waals surface area contributed by atoms with Crippen LogP contribution >= 0.6 is 0 Å². The van der Waals surface area contributed by atoms with Crippen LogP contribution in [-0.2, 0) is 50.6 Å². The average Bonchev–Trinajstić information content (AvgIpc) is 3.03. The smallest absolute Gasteiger partial charge is 0.313 e. The topological polar surface area (TPSA) is 89.5 Å². The van der Waals surface area contributed by atoms with Gasteiger partial charge in [0.2, 0.25) is 0 Å². The third kappa shape index (κ3) is 3.69. The first-order valence-electron chi connectivity index (χ1n) is 9.58. The highest BCUT2D eigenvalue weighted by atomic mass is 16.9. The van der Waals surface area contributed by atoms with Crippen LogP contribution in [0.15, 0.2) is 36.9 Å². The molecule has 8 heteroatoms. The summed E-state index contributed by atoms with van der Waals surface area (Å²) in [4.78, 5) is 23.6. The van der Waals surface area contributed by atoms with Crippen molar-refractivity contribution in [3.8, 4) is 0 Å². The van der Waals surface area contributed by atoms with E-state index >= 15 is 0 Å². The van der Waals surface area contributed by atoms with Crippen molar-refractivity contribution in [2.75, 3.05) is 6.61 Å². The Morgan fingerprint density at radius 2 is 1.90 bits per heavy atom. The number of benzene rings is 1. The number of hydrogen-bond acceptors (Lipinski definition) is 8. The molecule has 1 aromatic carbocycles. The van der Waals surface area contributed by atoms with Crippen molar-refractivity contribution in [2.24, 2.45) is 0 Å². The predicted octanol–water partition coefficient (Wildman–Crippen LogP) is 1.95. The quantitative estimate of drug-likeness (QED) is 0.556. The van der Waals surface area contributed by atoms with Crippen molar-refractivity contribution in [1.82, 2.24) is 0 Å². The van der Waals surface area contributed by atoms with Gasteiger partial charge in [-0.2, -0.15) is 0 Å². The zero-order valence-electron chi connectivity index (χ0n) is 16.4. The maximum Gasteiger partial charge on any atom is 0.313 e. The number of carbonyl (C=O) groups is 2. The van der Waals surface area contributed by atoms with Gasteiger partial charge in [0.05, 0.1) is 13.2 Å². The molecule has 0 aromatic heterocycles. The first-order chi connectivity index (χ1) is 13.9. The van der Waals surface area contributed by atoms with Gasteiger partial charge in [0.15, 0.2) is 12.2 Å². The van der Waals surface area contributed by atoms with E-state index in [1.54, 1.807) is 6.08 Å². The Hall–Kier alpha value is -2.26. The molecule has 0 radical (unpaired) electrons. The van der Waals surface area contributed by atoms with Gasteiger partial charge >= 0.3 is 17.9 Å².